The maximum Gasteiger partial charge on any atom is 0.303 e. The molecule has 7 heteroatoms. The largest absolute Gasteiger partial charge is 0.458 e. The van der Waals surface area contributed by atoms with Crippen LogP contribution in [0.25, 0.3) is 0 Å². The van der Waals surface area contributed by atoms with E-state index in [0.717, 1.165) is 0 Å². The number of alkyl halides is 1. The number of allylic oxidation sites excluding steroid dienone is 1. The Bertz CT molecular complexity index is 823. The van der Waals surface area contributed by atoms with Crippen LogP contribution in [0.1, 0.15) is 59.3 Å². The van der Waals surface area contributed by atoms with Crippen molar-refractivity contribution < 1.29 is 33.7 Å². The van der Waals surface area contributed by atoms with Crippen molar-refractivity contribution in [3.63, 3.8) is 0 Å². The molecule has 3 saturated carbocycles. The summed E-state index contributed by atoms with van der Waals surface area (Å²) in [5.41, 5.74) is -2.74. The second-order valence-corrected chi connectivity index (χ2v) is 10.3. The van der Waals surface area contributed by atoms with Gasteiger partial charge in [0.05, 0.1) is 6.10 Å². The highest BCUT2D eigenvalue weighted by Gasteiger charge is 2.69. The molecular formula is C23H31FO6. The first-order chi connectivity index (χ1) is 13.9. The van der Waals surface area contributed by atoms with Crippen LogP contribution in [0.2, 0.25) is 0 Å². The normalized spacial score (nSPS) is 47.6. The number of halogens is 1. The quantitative estimate of drug-likeness (QED) is 0.677. The average Bonchev–Trinajstić information content (AvgIpc) is 2.93. The number of carbonyl (C=O) groups is 3. The van der Waals surface area contributed by atoms with E-state index >= 15 is 4.39 Å². The van der Waals surface area contributed by atoms with Crippen molar-refractivity contribution in [1.29, 1.82) is 0 Å². The summed E-state index contributed by atoms with van der Waals surface area (Å²) in [5.74, 6) is -1.76. The number of ether oxygens (including phenoxy) is 1. The number of ketones is 2. The van der Waals surface area contributed by atoms with Crippen molar-refractivity contribution >= 4 is 17.5 Å². The van der Waals surface area contributed by atoms with Gasteiger partial charge < -0.3 is 14.9 Å². The number of aliphatic hydroxyl groups excluding tert-OH is 1. The van der Waals surface area contributed by atoms with E-state index in [4.69, 9.17) is 4.74 Å². The lowest BCUT2D eigenvalue weighted by atomic mass is 9.45. The first-order valence-electron chi connectivity index (χ1n) is 10.9. The third-order valence-electron chi connectivity index (χ3n) is 8.89. The second kappa shape index (κ2) is 6.95. The van der Waals surface area contributed by atoms with Gasteiger partial charge in [0.2, 0.25) is 5.78 Å². The lowest BCUT2D eigenvalue weighted by Gasteiger charge is -2.61. The molecule has 0 aliphatic heterocycles. The molecule has 3 fully saturated rings. The van der Waals surface area contributed by atoms with Crippen molar-refractivity contribution in [2.24, 2.45) is 28.6 Å². The Hall–Kier alpha value is -1.60. The minimum Gasteiger partial charge on any atom is -0.458 e. The first-order valence-corrected chi connectivity index (χ1v) is 10.9. The molecule has 8 atom stereocenters. The maximum atomic E-state index is 15.3. The summed E-state index contributed by atoms with van der Waals surface area (Å²) < 4.78 is 20.1. The Morgan fingerprint density at radius 2 is 2.00 bits per heavy atom. The zero-order valence-corrected chi connectivity index (χ0v) is 17.8. The van der Waals surface area contributed by atoms with Crippen molar-refractivity contribution in [3.8, 4) is 0 Å². The van der Waals surface area contributed by atoms with E-state index in [-0.39, 0.29) is 42.8 Å². The van der Waals surface area contributed by atoms with Crippen LogP contribution in [0.15, 0.2) is 11.6 Å². The summed E-state index contributed by atoms with van der Waals surface area (Å²) in [6.45, 7) is 4.46. The monoisotopic (exact) mass is 422 g/mol. The summed E-state index contributed by atoms with van der Waals surface area (Å²) in [5, 5.41) is 22.7. The van der Waals surface area contributed by atoms with Crippen LogP contribution >= 0.6 is 0 Å². The Kier molecular flexibility index (Phi) is 5.01. The highest BCUT2D eigenvalue weighted by atomic mass is 19.1. The van der Waals surface area contributed by atoms with Gasteiger partial charge in [-0.2, -0.15) is 0 Å². The van der Waals surface area contributed by atoms with Crippen molar-refractivity contribution in [2.45, 2.75) is 77.2 Å². The number of fused-ring (bicyclic) bond motifs is 5. The third kappa shape index (κ3) is 2.84. The number of aliphatic hydroxyl groups is 2. The van der Waals surface area contributed by atoms with Crippen LogP contribution in [0.5, 0.6) is 0 Å². The van der Waals surface area contributed by atoms with Crippen LogP contribution in [0.3, 0.4) is 0 Å². The number of Topliss-reactive ketones (excluding diaryl/α,β-unsaturated/α-hetero) is 1. The summed E-state index contributed by atoms with van der Waals surface area (Å²) >= 11 is 0. The molecule has 0 aromatic rings. The summed E-state index contributed by atoms with van der Waals surface area (Å²) in [6.07, 6.45) is 1.37. The first kappa shape index (κ1) is 21.6. The van der Waals surface area contributed by atoms with E-state index in [1.807, 2.05) is 6.92 Å². The molecule has 2 N–H and O–H groups in total. The molecule has 0 amide bonds. The topological polar surface area (TPSA) is 101 Å². The van der Waals surface area contributed by atoms with Gasteiger partial charge in [0, 0.05) is 18.8 Å². The lowest BCUT2D eigenvalue weighted by Crippen LogP contribution is -2.63. The smallest absolute Gasteiger partial charge is 0.303 e. The van der Waals surface area contributed by atoms with E-state index < -0.39 is 47.1 Å². The standard InChI is InChI=1S/C23H31FO6/c1-12(25)30-11-19(28)23(29)7-5-15-14-9-17(24)16-8-13(26)4-6-21(16,2)20(14)18(27)10-22(15,23)3/h8,14-15,17-18,20,27,29H,4-7,9-11H2,1-3H3/t14-,15-,17-,18-,20?,21-,22-,23-/m0/s1. The minimum atomic E-state index is -1.72. The molecule has 1 unspecified atom stereocenters. The molecular weight excluding hydrogens is 391 g/mol. The number of carbonyl (C=O) groups excluding carboxylic acids is 3. The van der Waals surface area contributed by atoms with Gasteiger partial charge >= 0.3 is 5.97 Å². The van der Waals surface area contributed by atoms with Crippen LogP contribution in [-0.2, 0) is 19.1 Å². The molecule has 0 radical (unpaired) electrons. The van der Waals surface area contributed by atoms with Gasteiger partial charge in [-0.1, -0.05) is 13.8 Å². The molecule has 0 aromatic carbocycles. The fraction of sp³-hybridized carbons (Fsp3) is 0.783. The molecule has 0 spiro atoms. The van der Waals surface area contributed by atoms with Gasteiger partial charge in [-0.05, 0) is 66.9 Å². The SMILES string of the molecule is CC(=O)OCC(=O)[C@@]1(O)CC[C@H]2[C@@H]3C[C@H](F)C4=CC(=O)CC[C@]4(C)C3[C@@H](O)C[C@@]21C. The minimum absolute atomic E-state index is 0.0648. The Morgan fingerprint density at radius 3 is 2.67 bits per heavy atom. The van der Waals surface area contributed by atoms with E-state index in [0.29, 0.717) is 24.8 Å². The number of rotatable bonds is 3. The van der Waals surface area contributed by atoms with Crippen molar-refractivity contribution in [1.82, 2.24) is 0 Å². The van der Waals surface area contributed by atoms with Gasteiger partial charge in [0.25, 0.3) is 0 Å². The lowest BCUT2D eigenvalue weighted by molar-refractivity contribution is -0.186. The van der Waals surface area contributed by atoms with Gasteiger partial charge in [0.15, 0.2) is 12.4 Å². The predicted molar refractivity (Wildman–Crippen MR) is 105 cm³/mol. The zero-order chi connectivity index (χ0) is 22.1. The van der Waals surface area contributed by atoms with Crippen LogP contribution in [0, 0.1) is 28.6 Å². The fourth-order valence-corrected chi connectivity index (χ4v) is 7.44. The van der Waals surface area contributed by atoms with E-state index in [1.54, 1.807) is 6.92 Å². The number of esters is 1. The molecule has 4 rings (SSSR count). The molecule has 4 aliphatic carbocycles. The van der Waals surface area contributed by atoms with Crippen LogP contribution < -0.4 is 0 Å². The van der Waals surface area contributed by atoms with E-state index in [1.165, 1.54) is 13.0 Å². The number of hydrogen-bond acceptors (Lipinski definition) is 6. The summed E-state index contributed by atoms with van der Waals surface area (Å²) in [4.78, 5) is 35.9. The fourth-order valence-electron chi connectivity index (χ4n) is 7.44. The zero-order valence-electron chi connectivity index (χ0n) is 17.8. The Labute approximate surface area is 175 Å². The maximum absolute atomic E-state index is 15.3. The number of hydrogen-bond donors (Lipinski definition) is 2. The molecule has 4 aliphatic rings. The molecule has 0 saturated heterocycles. The highest BCUT2D eigenvalue weighted by molar-refractivity contribution is 5.92. The second-order valence-electron chi connectivity index (χ2n) is 10.3. The van der Waals surface area contributed by atoms with E-state index in [9.17, 15) is 24.6 Å². The van der Waals surface area contributed by atoms with Gasteiger partial charge in [-0.15, -0.1) is 0 Å². The summed E-state index contributed by atoms with van der Waals surface area (Å²) in [6, 6.07) is 0. The van der Waals surface area contributed by atoms with Crippen molar-refractivity contribution in [2.75, 3.05) is 6.61 Å². The molecule has 0 aromatic heterocycles. The highest BCUT2D eigenvalue weighted by Crippen LogP contribution is 2.67. The van der Waals surface area contributed by atoms with Gasteiger partial charge in [-0.3, -0.25) is 14.4 Å². The average molecular weight is 422 g/mol. The van der Waals surface area contributed by atoms with Crippen LogP contribution in [-0.4, -0.2) is 52.2 Å². The summed E-state index contributed by atoms with van der Waals surface area (Å²) in [7, 11) is 0. The van der Waals surface area contributed by atoms with Gasteiger partial charge in [0.1, 0.15) is 11.8 Å². The Morgan fingerprint density at radius 1 is 1.30 bits per heavy atom. The molecule has 166 valence electrons. The molecule has 6 nitrogen and oxygen atoms in total. The van der Waals surface area contributed by atoms with Crippen molar-refractivity contribution in [3.05, 3.63) is 11.6 Å². The Balaban J connectivity index is 1.69. The third-order valence-corrected chi connectivity index (χ3v) is 8.89. The van der Waals surface area contributed by atoms with Crippen LogP contribution in [0.4, 0.5) is 4.39 Å². The molecule has 30 heavy (non-hydrogen) atoms. The van der Waals surface area contributed by atoms with Gasteiger partial charge in [-0.25, -0.2) is 4.39 Å². The molecule has 0 bridgehead atoms. The molecule has 0 heterocycles. The van der Waals surface area contributed by atoms with E-state index in [2.05, 4.69) is 0 Å². The predicted octanol–water partition coefficient (Wildman–Crippen LogP) is 2.30.